The first-order valence-corrected chi connectivity index (χ1v) is 7.36. The second-order valence-electron chi connectivity index (χ2n) is 4.80. The van der Waals surface area contributed by atoms with Crippen molar-refractivity contribution < 1.29 is 0 Å². The fourth-order valence-corrected chi connectivity index (χ4v) is 1.95. The second-order valence-corrected chi connectivity index (χ2v) is 4.80. The lowest BCUT2D eigenvalue weighted by molar-refractivity contribution is 0.670. The minimum atomic E-state index is 0. The second kappa shape index (κ2) is 10.8. The molecule has 1 aromatic heterocycles. The van der Waals surface area contributed by atoms with Crippen molar-refractivity contribution in [1.82, 2.24) is 25.4 Å². The van der Waals surface area contributed by atoms with Crippen LogP contribution in [0, 0.1) is 0 Å². The van der Waals surface area contributed by atoms with Gasteiger partial charge < -0.3 is 16.0 Å². The quantitative estimate of drug-likeness (QED) is 0.270. The number of guanidine groups is 1. The van der Waals surface area contributed by atoms with E-state index in [0.29, 0.717) is 6.54 Å². The summed E-state index contributed by atoms with van der Waals surface area (Å²) in [7, 11) is 3.63. The van der Waals surface area contributed by atoms with Crippen molar-refractivity contribution >= 4 is 35.6 Å². The Morgan fingerprint density at radius 2 is 1.96 bits per heavy atom. The van der Waals surface area contributed by atoms with E-state index in [4.69, 9.17) is 0 Å². The molecular weight excluding hydrogens is 405 g/mol. The van der Waals surface area contributed by atoms with Crippen LogP contribution in [0.4, 0.5) is 5.69 Å². The van der Waals surface area contributed by atoms with Crippen LogP contribution in [0.1, 0.15) is 12.2 Å². The van der Waals surface area contributed by atoms with Crippen molar-refractivity contribution in [2.24, 2.45) is 12.0 Å². The molecule has 0 fully saturated rings. The predicted octanol–water partition coefficient (Wildman–Crippen LogP) is 1.60. The number of aromatic nitrogens is 3. The third-order valence-electron chi connectivity index (χ3n) is 3.19. The molecule has 0 aliphatic heterocycles. The van der Waals surface area contributed by atoms with Gasteiger partial charge in [-0.15, -0.1) is 24.0 Å². The molecule has 0 spiro atoms. The molecule has 126 valence electrons. The first-order valence-electron chi connectivity index (χ1n) is 7.36. The molecule has 1 heterocycles. The number of nitrogens with zero attached hydrogens (tertiary/aromatic N) is 4. The van der Waals surface area contributed by atoms with Crippen molar-refractivity contribution in [2.45, 2.75) is 13.0 Å². The van der Waals surface area contributed by atoms with E-state index >= 15 is 0 Å². The number of hydrogen-bond donors (Lipinski definition) is 3. The maximum Gasteiger partial charge on any atom is 0.191 e. The summed E-state index contributed by atoms with van der Waals surface area (Å²) in [5, 5.41) is 13.9. The summed E-state index contributed by atoms with van der Waals surface area (Å²) in [4.78, 5) is 8.35. The molecule has 0 amide bonds. The van der Waals surface area contributed by atoms with Gasteiger partial charge in [0.05, 0.1) is 6.54 Å². The van der Waals surface area contributed by atoms with Crippen molar-refractivity contribution in [2.75, 3.05) is 25.5 Å². The van der Waals surface area contributed by atoms with Gasteiger partial charge in [0.2, 0.25) is 0 Å². The Morgan fingerprint density at radius 1 is 1.17 bits per heavy atom. The number of aliphatic imine (C=N–C) groups is 1. The summed E-state index contributed by atoms with van der Waals surface area (Å²) in [6.45, 7) is 2.36. The average molecular weight is 429 g/mol. The minimum absolute atomic E-state index is 0. The van der Waals surface area contributed by atoms with Gasteiger partial charge in [0.15, 0.2) is 5.96 Å². The van der Waals surface area contributed by atoms with Crippen molar-refractivity contribution in [3.05, 3.63) is 42.5 Å². The molecular formula is C15H24IN7. The van der Waals surface area contributed by atoms with Crippen LogP contribution in [0.5, 0.6) is 0 Å². The van der Waals surface area contributed by atoms with Crippen LogP contribution in [-0.2, 0) is 13.6 Å². The summed E-state index contributed by atoms with van der Waals surface area (Å²) >= 11 is 0. The Hall–Kier alpha value is -1.84. The average Bonchev–Trinajstić information content (AvgIpc) is 2.96. The minimum Gasteiger partial charge on any atom is -0.385 e. The smallest absolute Gasteiger partial charge is 0.191 e. The summed E-state index contributed by atoms with van der Waals surface area (Å²) < 4.78 is 1.74. The molecule has 0 aliphatic carbocycles. The highest BCUT2D eigenvalue weighted by atomic mass is 127. The van der Waals surface area contributed by atoms with E-state index in [1.807, 2.05) is 25.2 Å². The molecule has 0 unspecified atom stereocenters. The summed E-state index contributed by atoms with van der Waals surface area (Å²) in [5.41, 5.74) is 1.15. The van der Waals surface area contributed by atoms with E-state index in [1.54, 1.807) is 18.1 Å². The Bertz CT molecular complexity index is 583. The fourth-order valence-electron chi connectivity index (χ4n) is 1.95. The van der Waals surface area contributed by atoms with Gasteiger partial charge in [0.1, 0.15) is 12.2 Å². The molecule has 2 rings (SSSR count). The zero-order valence-electron chi connectivity index (χ0n) is 13.5. The molecule has 8 heteroatoms. The molecule has 0 aliphatic rings. The Morgan fingerprint density at radius 3 is 2.61 bits per heavy atom. The molecule has 23 heavy (non-hydrogen) atoms. The highest BCUT2D eigenvalue weighted by Gasteiger charge is 2.02. The third-order valence-corrected chi connectivity index (χ3v) is 3.19. The number of benzene rings is 1. The Kier molecular flexibility index (Phi) is 9.03. The largest absolute Gasteiger partial charge is 0.385 e. The van der Waals surface area contributed by atoms with Crippen molar-refractivity contribution in [3.8, 4) is 0 Å². The van der Waals surface area contributed by atoms with Gasteiger partial charge in [-0.1, -0.05) is 18.2 Å². The van der Waals surface area contributed by atoms with Crippen LogP contribution in [0.3, 0.4) is 0 Å². The number of aryl methyl sites for hydroxylation is 1. The maximum absolute atomic E-state index is 4.19. The standard InChI is InChI=1S/C15H23N7.HI/c1-16-15(19-11-14-20-12-21-22(14)2)18-10-6-9-17-13-7-4-3-5-8-13;/h3-5,7-8,12,17H,6,9-11H2,1-2H3,(H2,16,18,19);1H. The fraction of sp³-hybridized carbons (Fsp3) is 0.400. The summed E-state index contributed by atoms with van der Waals surface area (Å²) in [6.07, 6.45) is 2.54. The summed E-state index contributed by atoms with van der Waals surface area (Å²) in [6, 6.07) is 10.2. The van der Waals surface area contributed by atoms with Crippen LogP contribution in [-0.4, -0.2) is 40.9 Å². The van der Waals surface area contributed by atoms with E-state index in [-0.39, 0.29) is 24.0 Å². The van der Waals surface area contributed by atoms with Crippen LogP contribution in [0.25, 0.3) is 0 Å². The Balaban J connectivity index is 0.00000264. The first-order chi connectivity index (χ1) is 10.8. The topological polar surface area (TPSA) is 79.2 Å². The van der Waals surface area contributed by atoms with E-state index in [0.717, 1.165) is 37.0 Å². The monoisotopic (exact) mass is 429 g/mol. The van der Waals surface area contributed by atoms with Gasteiger partial charge in [-0.05, 0) is 18.6 Å². The van der Waals surface area contributed by atoms with Gasteiger partial charge in [0.25, 0.3) is 0 Å². The number of hydrogen-bond acceptors (Lipinski definition) is 4. The predicted molar refractivity (Wildman–Crippen MR) is 104 cm³/mol. The third kappa shape index (κ3) is 6.85. The molecule has 0 bridgehead atoms. The van der Waals surface area contributed by atoms with E-state index < -0.39 is 0 Å². The van der Waals surface area contributed by atoms with Crippen LogP contribution < -0.4 is 16.0 Å². The molecule has 0 radical (unpaired) electrons. The number of anilines is 1. The molecule has 1 aromatic carbocycles. The van der Waals surface area contributed by atoms with Gasteiger partial charge >= 0.3 is 0 Å². The zero-order valence-corrected chi connectivity index (χ0v) is 15.8. The number of halogens is 1. The Labute approximate surface area is 154 Å². The lowest BCUT2D eigenvalue weighted by atomic mass is 10.3. The van der Waals surface area contributed by atoms with Gasteiger partial charge in [-0.25, -0.2) is 4.98 Å². The van der Waals surface area contributed by atoms with Gasteiger partial charge in [0, 0.05) is 32.9 Å². The van der Waals surface area contributed by atoms with E-state index in [1.165, 1.54) is 0 Å². The summed E-state index contributed by atoms with van der Waals surface area (Å²) in [5.74, 6) is 1.64. The molecule has 0 atom stereocenters. The van der Waals surface area contributed by atoms with Crippen molar-refractivity contribution in [1.29, 1.82) is 0 Å². The van der Waals surface area contributed by atoms with Crippen LogP contribution in [0.15, 0.2) is 41.7 Å². The first kappa shape index (κ1) is 19.2. The number of rotatable bonds is 7. The molecule has 3 N–H and O–H groups in total. The van der Waals surface area contributed by atoms with Crippen molar-refractivity contribution in [3.63, 3.8) is 0 Å². The molecule has 7 nitrogen and oxygen atoms in total. The lowest BCUT2D eigenvalue weighted by Gasteiger charge is -2.12. The highest BCUT2D eigenvalue weighted by molar-refractivity contribution is 14.0. The highest BCUT2D eigenvalue weighted by Crippen LogP contribution is 2.04. The van der Waals surface area contributed by atoms with Crippen LogP contribution >= 0.6 is 24.0 Å². The van der Waals surface area contributed by atoms with Crippen LogP contribution in [0.2, 0.25) is 0 Å². The lowest BCUT2D eigenvalue weighted by Crippen LogP contribution is -2.38. The molecule has 0 saturated carbocycles. The van der Waals surface area contributed by atoms with Gasteiger partial charge in [-0.2, -0.15) is 5.10 Å². The number of para-hydroxylation sites is 1. The maximum atomic E-state index is 4.19. The normalized spacial score (nSPS) is 10.8. The zero-order chi connectivity index (χ0) is 15.6. The van der Waals surface area contributed by atoms with Gasteiger partial charge in [-0.3, -0.25) is 9.67 Å². The number of nitrogens with one attached hydrogen (secondary N) is 3. The SMILES string of the molecule is CN=C(NCCCNc1ccccc1)NCc1ncnn1C.I. The van der Waals surface area contributed by atoms with E-state index in [9.17, 15) is 0 Å². The van der Waals surface area contributed by atoms with E-state index in [2.05, 4.69) is 43.2 Å². The molecule has 0 saturated heterocycles. The molecule has 2 aromatic rings.